The monoisotopic (exact) mass is 444 g/mol. The van der Waals surface area contributed by atoms with Gasteiger partial charge in [0, 0.05) is 17.6 Å². The molecule has 3 rings (SSSR count). The van der Waals surface area contributed by atoms with Crippen molar-refractivity contribution in [3.63, 3.8) is 0 Å². The average Bonchev–Trinajstić information content (AvgIpc) is 2.71. The van der Waals surface area contributed by atoms with E-state index in [9.17, 15) is 9.90 Å². The van der Waals surface area contributed by atoms with Gasteiger partial charge in [0.05, 0.1) is 0 Å². The summed E-state index contributed by atoms with van der Waals surface area (Å²) in [6.45, 7) is 0.690. The van der Waals surface area contributed by atoms with E-state index in [2.05, 4.69) is 17.4 Å². The van der Waals surface area contributed by atoms with Crippen LogP contribution in [0.3, 0.4) is 0 Å². The zero-order chi connectivity index (χ0) is 22.4. The molecule has 1 saturated carbocycles. The lowest BCUT2D eigenvalue weighted by atomic mass is 9.66. The van der Waals surface area contributed by atoms with Gasteiger partial charge in [0.2, 0.25) is 0 Å². The van der Waals surface area contributed by atoms with Gasteiger partial charge in [-0.15, -0.1) is 0 Å². The number of halogens is 1. The molecule has 1 aliphatic rings. The Labute approximate surface area is 188 Å². The van der Waals surface area contributed by atoms with Crippen molar-refractivity contribution in [3.8, 4) is 11.1 Å². The quantitative estimate of drug-likeness (QED) is 0.268. The lowest BCUT2D eigenvalue weighted by molar-refractivity contribution is -0.148. The highest BCUT2D eigenvalue weighted by Crippen LogP contribution is 2.38. The molecular weight excluding hydrogens is 415 g/mol. The lowest BCUT2D eigenvalue weighted by Gasteiger charge is -2.45. The van der Waals surface area contributed by atoms with E-state index in [1.54, 1.807) is 0 Å². The first-order valence-corrected chi connectivity index (χ1v) is 11.1. The number of carboxylic acids is 1. The summed E-state index contributed by atoms with van der Waals surface area (Å²) in [5.41, 5.74) is 8.44. The fourth-order valence-electron chi connectivity index (χ4n) is 4.28. The molecule has 31 heavy (non-hydrogen) atoms. The third-order valence-electron chi connectivity index (χ3n) is 6.32. The summed E-state index contributed by atoms with van der Waals surface area (Å²) in [6, 6.07) is 16.2. The number of nitrogens with one attached hydrogen (secondary N) is 1. The highest BCUT2D eigenvalue weighted by molar-refractivity contribution is 6.40. The molecule has 0 aliphatic heterocycles. The number of hydrogen-bond acceptors (Lipinski definition) is 5. The van der Waals surface area contributed by atoms with Crippen LogP contribution in [0.25, 0.3) is 11.1 Å². The molecule has 0 amide bonds. The van der Waals surface area contributed by atoms with Gasteiger partial charge >= 0.3 is 13.1 Å². The zero-order valence-electron chi connectivity index (χ0n) is 17.5. The Bertz CT molecular complexity index is 874. The fourth-order valence-corrected chi connectivity index (χ4v) is 4.40. The number of rotatable bonds is 11. The molecule has 1 fully saturated rings. The van der Waals surface area contributed by atoms with Gasteiger partial charge in [0.1, 0.15) is 5.54 Å². The minimum Gasteiger partial charge on any atom is -0.480 e. The van der Waals surface area contributed by atoms with E-state index < -0.39 is 18.6 Å². The summed E-state index contributed by atoms with van der Waals surface area (Å²) in [5.74, 6) is -1.07. The molecule has 0 unspecified atom stereocenters. The van der Waals surface area contributed by atoms with Crippen LogP contribution in [0.15, 0.2) is 48.5 Å². The Hall–Kier alpha value is -1.90. The van der Waals surface area contributed by atoms with Crippen LogP contribution >= 0.6 is 11.6 Å². The van der Waals surface area contributed by atoms with E-state index in [1.807, 2.05) is 36.4 Å². The molecule has 8 heteroatoms. The number of carboxylic acid groups (broad SMARTS) is 1. The molecule has 0 radical (unpaired) electrons. The highest BCUT2D eigenvalue weighted by Gasteiger charge is 2.48. The maximum Gasteiger partial charge on any atom is 0.451 e. The van der Waals surface area contributed by atoms with Crippen molar-refractivity contribution < 1.29 is 19.9 Å². The van der Waals surface area contributed by atoms with Gasteiger partial charge in [-0.2, -0.15) is 0 Å². The van der Waals surface area contributed by atoms with Crippen LogP contribution in [0.2, 0.25) is 11.3 Å². The van der Waals surface area contributed by atoms with Crippen LogP contribution in [0.4, 0.5) is 0 Å². The van der Waals surface area contributed by atoms with Crippen LogP contribution in [0, 0.1) is 5.92 Å². The third kappa shape index (κ3) is 6.08. The maximum atomic E-state index is 11.8. The summed E-state index contributed by atoms with van der Waals surface area (Å²) in [6.07, 6.45) is 3.11. The van der Waals surface area contributed by atoms with Crippen LogP contribution in [-0.2, 0) is 11.3 Å². The second kappa shape index (κ2) is 10.6. The molecule has 2 aromatic rings. The van der Waals surface area contributed by atoms with Crippen molar-refractivity contribution in [1.29, 1.82) is 0 Å². The van der Waals surface area contributed by atoms with E-state index in [4.69, 9.17) is 27.4 Å². The molecule has 0 heterocycles. The molecule has 6 N–H and O–H groups in total. The van der Waals surface area contributed by atoms with Crippen molar-refractivity contribution in [3.05, 3.63) is 59.1 Å². The SMILES string of the molecule is N[C@](CCCCB(O)O)(C(=O)O)C1CC(NCc2ccccc2-c2ccc(Cl)cc2)C1. The number of carbonyl (C=O) groups is 1. The lowest BCUT2D eigenvalue weighted by Crippen LogP contribution is -2.61. The van der Waals surface area contributed by atoms with E-state index in [-0.39, 0.29) is 18.3 Å². The molecule has 2 aromatic carbocycles. The number of benzene rings is 2. The van der Waals surface area contributed by atoms with Gasteiger partial charge in [0.15, 0.2) is 0 Å². The number of aliphatic carboxylic acids is 1. The topological polar surface area (TPSA) is 116 Å². The molecule has 166 valence electrons. The molecule has 0 aromatic heterocycles. The first-order valence-electron chi connectivity index (χ1n) is 10.7. The number of unbranched alkanes of at least 4 members (excludes halogenated alkanes) is 1. The minimum absolute atomic E-state index is 0.0898. The van der Waals surface area contributed by atoms with Crippen molar-refractivity contribution in [2.75, 3.05) is 0 Å². The Morgan fingerprint density at radius 1 is 1.13 bits per heavy atom. The average molecular weight is 445 g/mol. The maximum absolute atomic E-state index is 11.8. The summed E-state index contributed by atoms with van der Waals surface area (Å²) in [4.78, 5) is 11.8. The summed E-state index contributed by atoms with van der Waals surface area (Å²) >= 11 is 6.01. The highest BCUT2D eigenvalue weighted by atomic mass is 35.5. The van der Waals surface area contributed by atoms with Crippen molar-refractivity contribution in [1.82, 2.24) is 5.32 Å². The first-order chi connectivity index (χ1) is 14.8. The van der Waals surface area contributed by atoms with E-state index in [1.165, 1.54) is 5.56 Å². The predicted octanol–water partition coefficient (Wildman–Crippen LogP) is 3.30. The zero-order valence-corrected chi connectivity index (χ0v) is 18.3. The minimum atomic E-state index is -1.36. The van der Waals surface area contributed by atoms with Crippen LogP contribution in [0.1, 0.15) is 37.7 Å². The van der Waals surface area contributed by atoms with E-state index in [0.717, 1.165) is 11.1 Å². The Balaban J connectivity index is 1.54. The van der Waals surface area contributed by atoms with Gasteiger partial charge < -0.3 is 26.2 Å². The van der Waals surface area contributed by atoms with Crippen LogP contribution in [0.5, 0.6) is 0 Å². The molecular formula is C23H30BClN2O4. The van der Waals surface area contributed by atoms with E-state index >= 15 is 0 Å². The standard InChI is InChI=1S/C23H30BClN2O4/c25-19-9-7-16(8-10-19)21-6-2-1-5-17(21)15-27-20-13-18(14-20)23(26,22(28)29)11-3-4-12-24(30)31/h1-2,5-10,18,20,27,30-31H,3-4,11-15,26H2,(H,28,29)/t18?,20?,23-/m0/s1. The van der Waals surface area contributed by atoms with E-state index in [0.29, 0.717) is 43.7 Å². The second-order valence-electron chi connectivity index (χ2n) is 8.48. The fraction of sp³-hybridized carbons (Fsp3) is 0.435. The van der Waals surface area contributed by atoms with Crippen molar-refractivity contribution in [2.24, 2.45) is 11.7 Å². The van der Waals surface area contributed by atoms with Gasteiger partial charge in [-0.25, -0.2) is 0 Å². The van der Waals surface area contributed by atoms with Gasteiger partial charge in [-0.3, -0.25) is 4.79 Å². The largest absolute Gasteiger partial charge is 0.480 e. The molecule has 1 aliphatic carbocycles. The predicted molar refractivity (Wildman–Crippen MR) is 124 cm³/mol. The van der Waals surface area contributed by atoms with Crippen LogP contribution < -0.4 is 11.1 Å². The molecule has 1 atom stereocenters. The van der Waals surface area contributed by atoms with Gasteiger partial charge in [-0.1, -0.05) is 60.8 Å². The number of nitrogens with two attached hydrogens (primary N) is 1. The Morgan fingerprint density at radius 2 is 1.81 bits per heavy atom. The summed E-state index contributed by atoms with van der Waals surface area (Å²) in [7, 11) is -1.36. The smallest absolute Gasteiger partial charge is 0.451 e. The van der Waals surface area contributed by atoms with Crippen molar-refractivity contribution in [2.45, 2.75) is 56.5 Å². The molecule has 0 saturated heterocycles. The second-order valence-corrected chi connectivity index (χ2v) is 8.92. The first kappa shape index (κ1) is 23.8. The molecule has 0 bridgehead atoms. The van der Waals surface area contributed by atoms with Crippen LogP contribution in [-0.4, -0.2) is 39.8 Å². The normalized spacial score (nSPS) is 20.0. The Morgan fingerprint density at radius 3 is 2.45 bits per heavy atom. The van der Waals surface area contributed by atoms with Crippen molar-refractivity contribution >= 4 is 24.7 Å². The Kier molecular flexibility index (Phi) is 8.14. The third-order valence-corrected chi connectivity index (χ3v) is 6.57. The summed E-state index contributed by atoms with van der Waals surface area (Å²) < 4.78 is 0. The molecule has 6 nitrogen and oxygen atoms in total. The van der Waals surface area contributed by atoms with Gasteiger partial charge in [-0.05, 0) is 60.3 Å². The summed E-state index contributed by atoms with van der Waals surface area (Å²) in [5, 5.41) is 31.8. The number of hydrogen-bond donors (Lipinski definition) is 5. The van der Waals surface area contributed by atoms with Gasteiger partial charge in [0.25, 0.3) is 0 Å². The molecule has 0 spiro atoms.